The molecule has 0 spiro atoms. The fraction of sp³-hybridized carbons (Fsp3) is 0.415. The highest BCUT2D eigenvalue weighted by molar-refractivity contribution is 7.96. The number of sulfone groups is 1. The Bertz CT molecular complexity index is 2090. The van der Waals surface area contributed by atoms with Crippen LogP contribution in [0.5, 0.6) is 0 Å². The van der Waals surface area contributed by atoms with Gasteiger partial charge in [-0.25, -0.2) is 13.2 Å². The van der Waals surface area contributed by atoms with Gasteiger partial charge < -0.3 is 35.5 Å². The van der Waals surface area contributed by atoms with Gasteiger partial charge in [-0.05, 0) is 69.5 Å². The van der Waals surface area contributed by atoms with Gasteiger partial charge in [-0.2, -0.15) is 0 Å². The van der Waals surface area contributed by atoms with Crippen molar-refractivity contribution < 1.29 is 51.4 Å². The first-order chi connectivity index (χ1) is 27.0. The number of nitrogens with one attached hydrogen (secondary N) is 4. The second-order valence-corrected chi connectivity index (χ2v) is 18.0. The maximum Gasteiger partial charge on any atom is 0.408 e. The Balaban J connectivity index is 1.87. The SMILES string of the molecule is CC(C)(C)OC(=O)C[C@@H](/C=C(\Cl)S(C)(=O)=O)NC(=O)CNC(=O)[C@H](Cc1cccc2ccccc12)NC(=O)[C@H](CC(=O)OC(C)(C)C)NC(=O)OCc1ccccc1. The average molecular weight is 843 g/mol. The number of amides is 4. The van der Waals surface area contributed by atoms with Crippen molar-refractivity contribution in [3.8, 4) is 0 Å². The third-order valence-electron chi connectivity index (χ3n) is 7.81. The Morgan fingerprint density at radius 2 is 1.31 bits per heavy atom. The quantitative estimate of drug-likeness (QED) is 0.111. The summed E-state index contributed by atoms with van der Waals surface area (Å²) in [5, 5.41) is 11.6. The van der Waals surface area contributed by atoms with E-state index in [9.17, 15) is 37.2 Å². The van der Waals surface area contributed by atoms with Crippen molar-refractivity contribution in [2.45, 2.75) is 96.7 Å². The zero-order valence-corrected chi connectivity index (χ0v) is 35.1. The molecule has 0 heterocycles. The van der Waals surface area contributed by atoms with E-state index in [0.29, 0.717) is 11.1 Å². The number of carbonyl (C=O) groups is 6. The van der Waals surface area contributed by atoms with E-state index in [2.05, 4.69) is 21.3 Å². The lowest BCUT2D eigenvalue weighted by Crippen LogP contribution is -2.56. The van der Waals surface area contributed by atoms with Crippen LogP contribution in [-0.4, -0.2) is 86.3 Å². The first-order valence-electron chi connectivity index (χ1n) is 18.3. The van der Waals surface area contributed by atoms with Gasteiger partial charge in [0.2, 0.25) is 17.7 Å². The topological polar surface area (TPSA) is 212 Å². The molecule has 3 rings (SSSR count). The molecule has 0 saturated carbocycles. The van der Waals surface area contributed by atoms with Crippen LogP contribution in [0, 0.1) is 0 Å². The number of ether oxygens (including phenoxy) is 3. The van der Waals surface area contributed by atoms with Crippen LogP contribution in [0.2, 0.25) is 0 Å². The largest absolute Gasteiger partial charge is 0.460 e. The van der Waals surface area contributed by atoms with Crippen LogP contribution < -0.4 is 21.3 Å². The van der Waals surface area contributed by atoms with E-state index < -0.39 is 98.7 Å². The molecule has 4 N–H and O–H groups in total. The van der Waals surface area contributed by atoms with Gasteiger partial charge in [-0.3, -0.25) is 24.0 Å². The first kappa shape index (κ1) is 46.9. The lowest BCUT2D eigenvalue weighted by atomic mass is 9.98. The lowest BCUT2D eigenvalue weighted by Gasteiger charge is -2.25. The first-order valence-corrected chi connectivity index (χ1v) is 20.6. The molecule has 0 fully saturated rings. The van der Waals surface area contributed by atoms with Gasteiger partial charge in [-0.15, -0.1) is 0 Å². The standard InChI is InChI=1S/C41H51ClN4O11S/c1-40(2,3)56-35(48)22-29(21-33(42)58(7,53)54)44-34(47)24-43-37(50)31(20-28-18-13-17-27-16-11-12-19-30(27)28)45-38(51)32(23-36(49)57-41(4,5)6)46-39(52)55-25-26-14-9-8-10-15-26/h8-19,21,29,31-32H,20,22-25H2,1-7H3,(H,43,50)(H,44,47)(H,45,51)(H,46,52)/b33-21+/t29-,31+,32+/m1/s1. The molecule has 0 aliphatic rings. The van der Waals surface area contributed by atoms with E-state index in [4.69, 9.17) is 25.8 Å². The monoisotopic (exact) mass is 842 g/mol. The number of carbonyl (C=O) groups excluding carboxylic acids is 6. The maximum absolute atomic E-state index is 13.9. The molecular formula is C41H51ClN4O11S. The van der Waals surface area contributed by atoms with Crippen LogP contribution in [0.15, 0.2) is 83.2 Å². The predicted molar refractivity (Wildman–Crippen MR) is 218 cm³/mol. The minimum absolute atomic E-state index is 0.0911. The number of alkyl carbamates (subject to hydrolysis) is 1. The molecule has 0 aliphatic carbocycles. The fourth-order valence-corrected chi connectivity index (χ4v) is 5.95. The van der Waals surface area contributed by atoms with E-state index in [1.165, 1.54) is 0 Å². The smallest absolute Gasteiger partial charge is 0.408 e. The molecule has 58 heavy (non-hydrogen) atoms. The van der Waals surface area contributed by atoms with E-state index in [1.807, 2.05) is 30.3 Å². The number of hydrogen-bond donors (Lipinski definition) is 4. The second kappa shape index (κ2) is 20.8. The van der Waals surface area contributed by atoms with Gasteiger partial charge in [0, 0.05) is 12.7 Å². The molecule has 0 saturated heterocycles. The minimum Gasteiger partial charge on any atom is -0.460 e. The molecule has 3 aromatic rings. The number of hydrogen-bond acceptors (Lipinski definition) is 11. The molecule has 15 nitrogen and oxygen atoms in total. The van der Waals surface area contributed by atoms with E-state index in [1.54, 1.807) is 84.0 Å². The highest BCUT2D eigenvalue weighted by atomic mass is 35.5. The molecule has 17 heteroatoms. The summed E-state index contributed by atoms with van der Waals surface area (Å²) in [6, 6.07) is 17.4. The third kappa shape index (κ3) is 16.9. The molecule has 0 radical (unpaired) electrons. The average Bonchev–Trinajstić information content (AvgIpc) is 3.11. The molecule has 0 aromatic heterocycles. The second-order valence-electron chi connectivity index (χ2n) is 15.4. The summed E-state index contributed by atoms with van der Waals surface area (Å²) in [5.41, 5.74) is -0.467. The zero-order valence-electron chi connectivity index (χ0n) is 33.6. The molecule has 0 aliphatic heterocycles. The highest BCUT2D eigenvalue weighted by Gasteiger charge is 2.32. The van der Waals surface area contributed by atoms with Crippen LogP contribution in [0.3, 0.4) is 0 Å². The van der Waals surface area contributed by atoms with Crippen molar-refractivity contribution in [3.63, 3.8) is 0 Å². The van der Waals surface area contributed by atoms with Crippen LogP contribution in [0.4, 0.5) is 4.79 Å². The number of rotatable bonds is 17. The third-order valence-corrected chi connectivity index (χ3v) is 9.62. The number of halogens is 1. The van der Waals surface area contributed by atoms with E-state index in [0.717, 1.165) is 23.1 Å². The van der Waals surface area contributed by atoms with Crippen LogP contribution in [-0.2, 0) is 61.0 Å². The number of fused-ring (bicyclic) bond motifs is 1. The summed E-state index contributed by atoms with van der Waals surface area (Å²) in [6.45, 7) is 9.00. The minimum atomic E-state index is -3.90. The van der Waals surface area contributed by atoms with Crippen molar-refractivity contribution in [1.82, 2.24) is 21.3 Å². The van der Waals surface area contributed by atoms with Crippen molar-refractivity contribution >= 4 is 68.0 Å². The Kier molecular flexibility index (Phi) is 16.8. The van der Waals surface area contributed by atoms with Crippen molar-refractivity contribution in [2.75, 3.05) is 12.8 Å². The van der Waals surface area contributed by atoms with Gasteiger partial charge in [0.15, 0.2) is 9.84 Å². The zero-order chi connectivity index (χ0) is 43.3. The van der Waals surface area contributed by atoms with Crippen LogP contribution >= 0.6 is 11.6 Å². The summed E-state index contributed by atoms with van der Waals surface area (Å²) in [5.74, 6) is -4.16. The normalized spacial score (nSPS) is 13.6. The van der Waals surface area contributed by atoms with Crippen molar-refractivity contribution in [3.05, 3.63) is 94.4 Å². The van der Waals surface area contributed by atoms with E-state index in [-0.39, 0.29) is 13.0 Å². The molecule has 0 bridgehead atoms. The predicted octanol–water partition coefficient (Wildman–Crippen LogP) is 4.35. The van der Waals surface area contributed by atoms with Gasteiger partial charge in [-0.1, -0.05) is 84.4 Å². The molecule has 314 valence electrons. The molecular weight excluding hydrogens is 792 g/mol. The number of esters is 2. The molecule has 0 unspecified atom stereocenters. The summed E-state index contributed by atoms with van der Waals surface area (Å²) >= 11 is 5.95. The van der Waals surface area contributed by atoms with Crippen LogP contribution in [0.1, 0.15) is 65.5 Å². The molecule has 3 aromatic carbocycles. The van der Waals surface area contributed by atoms with Crippen molar-refractivity contribution in [1.29, 1.82) is 0 Å². The Hall–Kier alpha value is -5.48. The van der Waals surface area contributed by atoms with Crippen molar-refractivity contribution in [2.24, 2.45) is 0 Å². The Morgan fingerprint density at radius 3 is 1.93 bits per heavy atom. The summed E-state index contributed by atoms with van der Waals surface area (Å²) in [7, 11) is -3.90. The lowest BCUT2D eigenvalue weighted by molar-refractivity contribution is -0.157. The molecule has 4 amide bonds. The summed E-state index contributed by atoms with van der Waals surface area (Å²) in [6.07, 6.45) is -0.368. The van der Waals surface area contributed by atoms with Gasteiger partial charge in [0.25, 0.3) is 0 Å². The summed E-state index contributed by atoms with van der Waals surface area (Å²) < 4.78 is 39.4. The maximum atomic E-state index is 13.9. The number of benzene rings is 3. The van der Waals surface area contributed by atoms with Gasteiger partial charge in [0.1, 0.15) is 34.3 Å². The summed E-state index contributed by atoms with van der Waals surface area (Å²) in [4.78, 5) is 79.4. The Labute approximate surface area is 343 Å². The fourth-order valence-electron chi connectivity index (χ4n) is 5.38. The van der Waals surface area contributed by atoms with Gasteiger partial charge in [0.05, 0.1) is 25.4 Å². The van der Waals surface area contributed by atoms with E-state index >= 15 is 0 Å². The highest BCUT2D eigenvalue weighted by Crippen LogP contribution is 2.21. The molecule has 3 atom stereocenters. The van der Waals surface area contributed by atoms with Gasteiger partial charge >= 0.3 is 18.0 Å². The Morgan fingerprint density at radius 1 is 0.724 bits per heavy atom. The van der Waals surface area contributed by atoms with Crippen LogP contribution in [0.25, 0.3) is 10.8 Å².